The number of benzene rings is 7. The fourth-order valence-corrected chi connectivity index (χ4v) is 13.7. The predicted octanol–water partition coefficient (Wildman–Crippen LogP) is 12.1. The summed E-state index contributed by atoms with van der Waals surface area (Å²) in [6.45, 7) is 0. The first-order chi connectivity index (χ1) is 30.8. The van der Waals surface area contributed by atoms with Crippen LogP contribution < -0.4 is 5.56 Å². The highest BCUT2D eigenvalue weighted by molar-refractivity contribution is 6.37. The molecule has 6 heterocycles. The molecular weight excluding hydrogens is 757 g/mol. The normalized spacial score (nSPS) is 19.0. The van der Waals surface area contributed by atoms with Gasteiger partial charge in [0.05, 0.1) is 63.2 Å². The molecule has 5 heteroatoms. The number of pyridine rings is 3. The van der Waals surface area contributed by atoms with Gasteiger partial charge in [0.1, 0.15) is 0 Å². The van der Waals surface area contributed by atoms with Crippen LogP contribution in [0.5, 0.6) is 0 Å². The van der Waals surface area contributed by atoms with Gasteiger partial charge in [-0.3, -0.25) is 19.2 Å². The van der Waals surface area contributed by atoms with Gasteiger partial charge < -0.3 is 4.40 Å². The summed E-state index contributed by atoms with van der Waals surface area (Å²) in [5, 5.41) is 9.75. The van der Waals surface area contributed by atoms with Crippen LogP contribution in [-0.2, 0) is 0 Å². The molecule has 0 unspecified atom stereocenters. The van der Waals surface area contributed by atoms with E-state index in [9.17, 15) is 0 Å². The summed E-state index contributed by atoms with van der Waals surface area (Å²) in [6.07, 6.45) is 4.28. The zero-order valence-corrected chi connectivity index (χ0v) is 33.0. The summed E-state index contributed by atoms with van der Waals surface area (Å²) in [5.41, 5.74) is 20.8. The number of para-hydroxylation sites is 2. The molecule has 6 aliphatic rings. The molecule has 0 spiro atoms. The van der Waals surface area contributed by atoms with E-state index in [1.165, 1.54) is 66.4 Å². The molecule has 0 aliphatic heterocycles. The van der Waals surface area contributed by atoms with Crippen LogP contribution in [0.3, 0.4) is 0 Å². The molecule has 0 fully saturated rings. The zero-order chi connectivity index (χ0) is 39.9. The van der Waals surface area contributed by atoms with Crippen molar-refractivity contribution in [2.45, 2.75) is 23.7 Å². The molecule has 0 saturated carbocycles. The minimum absolute atomic E-state index is 0.00258. The first-order valence-corrected chi connectivity index (χ1v) is 21.8. The lowest BCUT2D eigenvalue weighted by atomic mass is 9.62. The Hall–Kier alpha value is -7.89. The summed E-state index contributed by atoms with van der Waals surface area (Å²) in [5.74, 6) is 0.0833. The zero-order valence-electron chi connectivity index (χ0n) is 33.0. The third kappa shape index (κ3) is 3.17. The average molecular weight is 787 g/mol. The van der Waals surface area contributed by atoms with Gasteiger partial charge in [0.15, 0.2) is 0 Å². The lowest BCUT2D eigenvalue weighted by Gasteiger charge is -2.42. The molecule has 62 heavy (non-hydrogen) atoms. The molecule has 0 saturated heterocycles. The number of rotatable bonds is 0. The minimum Gasteiger partial charge on any atom is -0.305 e. The Bertz CT molecular complexity index is 4250. The highest BCUT2D eigenvalue weighted by atomic mass is 16.1. The van der Waals surface area contributed by atoms with Gasteiger partial charge >= 0.3 is 0 Å². The summed E-state index contributed by atoms with van der Waals surface area (Å²) < 4.78 is 4.48. The molecule has 284 valence electrons. The molecule has 0 atom stereocenters. The Labute approximate surface area is 352 Å². The van der Waals surface area contributed by atoms with Crippen molar-refractivity contribution in [2.24, 2.45) is 0 Å². The van der Waals surface area contributed by atoms with E-state index in [1.54, 1.807) is 0 Å². The van der Waals surface area contributed by atoms with Gasteiger partial charge in [-0.25, -0.2) is 0 Å². The number of nitrogens with zero attached hydrogens (tertiary/aromatic N) is 4. The van der Waals surface area contributed by atoms with Crippen molar-refractivity contribution >= 4 is 76.1 Å². The fourth-order valence-electron chi connectivity index (χ4n) is 13.7. The molecule has 0 amide bonds. The largest absolute Gasteiger partial charge is 0.305 e. The second-order valence-electron chi connectivity index (χ2n) is 18.1. The van der Waals surface area contributed by atoms with Crippen LogP contribution in [0.15, 0.2) is 163 Å². The van der Waals surface area contributed by atoms with Gasteiger partial charge in [-0.1, -0.05) is 133 Å². The third-order valence-electron chi connectivity index (χ3n) is 15.8. The highest BCUT2D eigenvalue weighted by Crippen LogP contribution is 2.61. The van der Waals surface area contributed by atoms with Crippen molar-refractivity contribution in [3.8, 4) is 0 Å². The smallest absolute Gasteiger partial charge is 0.263 e. The maximum absolute atomic E-state index is 15.7. The van der Waals surface area contributed by atoms with E-state index in [4.69, 9.17) is 9.97 Å². The quantitative estimate of drug-likeness (QED) is 0.144. The molecule has 6 aliphatic carbocycles. The Morgan fingerprint density at radius 2 is 0.823 bits per heavy atom. The van der Waals surface area contributed by atoms with E-state index in [-0.39, 0.29) is 29.2 Å². The van der Waals surface area contributed by atoms with Crippen molar-refractivity contribution in [1.29, 1.82) is 0 Å². The number of hydrogen-bond acceptors (Lipinski definition) is 3. The summed E-state index contributed by atoms with van der Waals surface area (Å²) in [7, 11) is 0. The van der Waals surface area contributed by atoms with E-state index in [1.807, 2.05) is 10.5 Å². The fraction of sp³-hybridized carbons (Fsp3) is 0.0702. The van der Waals surface area contributed by atoms with E-state index < -0.39 is 0 Å². The molecule has 6 aromatic heterocycles. The Balaban J connectivity index is 1.13. The van der Waals surface area contributed by atoms with E-state index in [0.717, 1.165) is 76.7 Å². The van der Waals surface area contributed by atoms with Crippen molar-refractivity contribution < 1.29 is 0 Å². The highest BCUT2D eigenvalue weighted by Gasteiger charge is 2.46. The number of fused-ring (bicyclic) bond motifs is 12. The van der Waals surface area contributed by atoms with E-state index >= 15 is 4.79 Å². The van der Waals surface area contributed by atoms with Crippen LogP contribution in [0.2, 0.25) is 0 Å². The Morgan fingerprint density at radius 1 is 0.355 bits per heavy atom. The second kappa shape index (κ2) is 10.2. The van der Waals surface area contributed by atoms with Crippen LogP contribution >= 0.6 is 0 Å². The third-order valence-corrected chi connectivity index (χ3v) is 15.8. The summed E-state index contributed by atoms with van der Waals surface area (Å²) in [4.78, 5) is 26.7. The summed E-state index contributed by atoms with van der Waals surface area (Å²) in [6, 6.07) is 53.2. The van der Waals surface area contributed by atoms with Crippen molar-refractivity contribution in [3.63, 3.8) is 0 Å². The van der Waals surface area contributed by atoms with Gasteiger partial charge in [0.25, 0.3) is 5.56 Å². The first-order valence-electron chi connectivity index (χ1n) is 21.8. The molecule has 19 rings (SSSR count). The van der Waals surface area contributed by atoms with Crippen LogP contribution in [0.4, 0.5) is 0 Å². The topological polar surface area (TPSA) is 51.7 Å². The first kappa shape index (κ1) is 31.1. The minimum atomic E-state index is 0.00258. The van der Waals surface area contributed by atoms with Crippen molar-refractivity contribution in [3.05, 3.63) is 235 Å². The van der Waals surface area contributed by atoms with Gasteiger partial charge in [0.2, 0.25) is 0 Å². The average Bonchev–Trinajstić information content (AvgIpc) is 3.98. The summed E-state index contributed by atoms with van der Waals surface area (Å²) >= 11 is 0. The predicted molar refractivity (Wildman–Crippen MR) is 247 cm³/mol. The van der Waals surface area contributed by atoms with Crippen LogP contribution in [0, 0.1) is 0 Å². The molecule has 7 aromatic carbocycles. The maximum atomic E-state index is 15.7. The van der Waals surface area contributed by atoms with E-state index in [2.05, 4.69) is 156 Å². The second-order valence-corrected chi connectivity index (χ2v) is 18.1. The number of hydrogen-bond donors (Lipinski definition) is 0. The molecule has 4 bridgehead atoms. The van der Waals surface area contributed by atoms with Crippen LogP contribution in [0.1, 0.15) is 90.7 Å². The molecule has 13 aromatic rings. The van der Waals surface area contributed by atoms with Crippen molar-refractivity contribution in [1.82, 2.24) is 18.8 Å². The van der Waals surface area contributed by atoms with Gasteiger partial charge in [0, 0.05) is 60.3 Å². The van der Waals surface area contributed by atoms with Gasteiger partial charge in [-0.2, -0.15) is 0 Å². The Kier molecular flexibility index (Phi) is 5.09. The maximum Gasteiger partial charge on any atom is 0.263 e. The molecule has 5 nitrogen and oxygen atoms in total. The molecule has 0 N–H and O–H groups in total. The number of aromatic nitrogens is 4. The molecule has 0 radical (unpaired) electrons. The van der Waals surface area contributed by atoms with E-state index in [0.29, 0.717) is 0 Å². The van der Waals surface area contributed by atoms with Crippen LogP contribution in [0.25, 0.3) is 76.1 Å². The Morgan fingerprint density at radius 3 is 1.40 bits per heavy atom. The lowest BCUT2D eigenvalue weighted by Crippen LogP contribution is -2.28. The lowest BCUT2D eigenvalue weighted by molar-refractivity contribution is 0.734. The standard InChI is InChI=1S/C57H30N4O/c62-57-39-24-38-48-41(25-58-53-46-32-17-5-1-13-28(32)43(50(48)53)29-14-2-6-18-33(29)46)60-42-26-59-54-47-34-19-7-3-15-30(34)44(31-16-4-8-20-35(31)47)51(54)49(42)52(56(38)60)45(39)37-22-11-21-36-27-12-9-10-23-40(27)61(57)55(36)37/h1-26,43-44,46-47H. The monoisotopic (exact) mass is 786 g/mol. The van der Waals surface area contributed by atoms with Crippen LogP contribution in [-0.4, -0.2) is 18.8 Å². The van der Waals surface area contributed by atoms with Gasteiger partial charge in [-0.05, 0) is 67.8 Å². The van der Waals surface area contributed by atoms with Gasteiger partial charge in [-0.15, -0.1) is 0 Å². The SMILES string of the molecule is O=c1c2cc3c4c5c(ncc4n4c6cnc7c(c6c(c2c2cccc6c8ccccc8n1c62)c34)C1c2ccccc2C7c2ccccc21)C1c2ccccc2C5c2ccccc21. The van der Waals surface area contributed by atoms with Crippen molar-refractivity contribution in [2.75, 3.05) is 0 Å². The molecular formula is C57H30N4O.